The van der Waals surface area contributed by atoms with E-state index < -0.39 is 10.8 Å². The van der Waals surface area contributed by atoms with Gasteiger partial charge in [0.15, 0.2) is 0 Å². The minimum absolute atomic E-state index is 0.598. The lowest BCUT2D eigenvalue weighted by Crippen LogP contribution is -2.06. The molecule has 2 aromatic rings. The Hall–Kier alpha value is -1.64. The molecule has 22 heavy (non-hydrogen) atoms. The standard InChI is InChI=1S/C18H14Cl2O2/c19-17(9-21)13-3-5-15-11(7-13)1-2-12-8-14(18(20)10-22)4-6-16(12)15/h3-10,17-18H,1-2H2. The number of hydrogen-bond acceptors (Lipinski definition) is 2. The van der Waals surface area contributed by atoms with Gasteiger partial charge in [-0.1, -0.05) is 36.4 Å². The molecule has 2 unspecified atom stereocenters. The summed E-state index contributed by atoms with van der Waals surface area (Å²) in [7, 11) is 0. The maximum atomic E-state index is 10.8. The van der Waals surface area contributed by atoms with E-state index in [2.05, 4.69) is 0 Å². The van der Waals surface area contributed by atoms with Gasteiger partial charge in [0.05, 0.1) is 0 Å². The molecule has 2 atom stereocenters. The van der Waals surface area contributed by atoms with Crippen LogP contribution in [-0.4, -0.2) is 12.6 Å². The van der Waals surface area contributed by atoms with E-state index in [-0.39, 0.29) is 0 Å². The summed E-state index contributed by atoms with van der Waals surface area (Å²) in [5.41, 5.74) is 6.37. The molecule has 1 aliphatic rings. The van der Waals surface area contributed by atoms with E-state index in [9.17, 15) is 9.59 Å². The van der Waals surface area contributed by atoms with Crippen LogP contribution in [0.3, 0.4) is 0 Å². The molecule has 0 aromatic heterocycles. The number of hydrogen-bond donors (Lipinski definition) is 0. The number of halogens is 2. The molecule has 0 saturated heterocycles. The summed E-state index contributed by atoms with van der Waals surface area (Å²) >= 11 is 12.0. The van der Waals surface area contributed by atoms with Crippen molar-refractivity contribution in [1.82, 2.24) is 0 Å². The second kappa shape index (κ2) is 6.23. The molecule has 0 aliphatic heterocycles. The van der Waals surface area contributed by atoms with Crippen LogP contribution in [-0.2, 0) is 22.4 Å². The highest BCUT2D eigenvalue weighted by molar-refractivity contribution is 6.28. The Kier molecular flexibility index (Phi) is 4.32. The van der Waals surface area contributed by atoms with Crippen molar-refractivity contribution in [1.29, 1.82) is 0 Å². The van der Waals surface area contributed by atoms with Gasteiger partial charge >= 0.3 is 0 Å². The molecule has 4 heteroatoms. The van der Waals surface area contributed by atoms with Gasteiger partial charge in [0, 0.05) is 0 Å². The molecular weight excluding hydrogens is 319 g/mol. The van der Waals surface area contributed by atoms with Crippen molar-refractivity contribution < 1.29 is 9.59 Å². The lowest BCUT2D eigenvalue weighted by atomic mass is 9.83. The van der Waals surface area contributed by atoms with Gasteiger partial charge in [0.25, 0.3) is 0 Å². The summed E-state index contributed by atoms with van der Waals surface area (Å²) in [5, 5.41) is -1.20. The topological polar surface area (TPSA) is 34.1 Å². The number of aryl methyl sites for hydroxylation is 2. The summed E-state index contributed by atoms with van der Waals surface area (Å²) < 4.78 is 0. The quantitative estimate of drug-likeness (QED) is 0.613. The molecule has 0 radical (unpaired) electrons. The van der Waals surface area contributed by atoms with Crippen molar-refractivity contribution in [3.05, 3.63) is 58.7 Å². The Morgan fingerprint density at radius 1 is 0.773 bits per heavy atom. The first-order valence-electron chi connectivity index (χ1n) is 7.09. The monoisotopic (exact) mass is 332 g/mol. The number of rotatable bonds is 4. The highest BCUT2D eigenvalue weighted by atomic mass is 35.5. The van der Waals surface area contributed by atoms with Gasteiger partial charge in [-0.3, -0.25) is 0 Å². The number of fused-ring (bicyclic) bond motifs is 3. The van der Waals surface area contributed by atoms with E-state index in [4.69, 9.17) is 23.2 Å². The predicted octanol–water partition coefficient (Wildman–Crippen LogP) is 4.41. The second-order valence-electron chi connectivity index (χ2n) is 5.41. The third kappa shape index (κ3) is 2.69. The van der Waals surface area contributed by atoms with Gasteiger partial charge in [-0.15, -0.1) is 23.2 Å². The van der Waals surface area contributed by atoms with E-state index in [0.717, 1.165) is 47.7 Å². The molecule has 2 nitrogen and oxygen atoms in total. The highest BCUT2D eigenvalue weighted by Gasteiger charge is 2.19. The lowest BCUT2D eigenvalue weighted by molar-refractivity contribution is -0.108. The minimum atomic E-state index is -0.598. The molecule has 3 rings (SSSR count). The molecule has 0 bridgehead atoms. The van der Waals surface area contributed by atoms with Crippen LogP contribution in [0.25, 0.3) is 11.1 Å². The zero-order chi connectivity index (χ0) is 15.7. The maximum absolute atomic E-state index is 10.8. The molecule has 0 saturated carbocycles. The first kappa shape index (κ1) is 15.3. The van der Waals surface area contributed by atoms with E-state index in [1.807, 2.05) is 36.4 Å². The molecule has 0 fully saturated rings. The molecule has 2 aromatic carbocycles. The van der Waals surface area contributed by atoms with Gasteiger partial charge in [0.2, 0.25) is 0 Å². The van der Waals surface area contributed by atoms with Crippen LogP contribution in [0.4, 0.5) is 0 Å². The SMILES string of the molecule is O=CC(Cl)c1ccc2c(c1)CCc1cc(C(Cl)C=O)ccc1-2. The predicted molar refractivity (Wildman–Crippen MR) is 88.6 cm³/mol. The summed E-state index contributed by atoms with van der Waals surface area (Å²) in [6, 6.07) is 11.8. The maximum Gasteiger partial charge on any atom is 0.142 e. The van der Waals surface area contributed by atoms with Crippen LogP contribution in [0.5, 0.6) is 0 Å². The Morgan fingerprint density at radius 3 is 1.55 bits per heavy atom. The third-order valence-electron chi connectivity index (χ3n) is 4.09. The van der Waals surface area contributed by atoms with Crippen LogP contribution in [0.1, 0.15) is 33.0 Å². The van der Waals surface area contributed by atoms with Crippen LogP contribution >= 0.6 is 23.2 Å². The molecule has 0 spiro atoms. The van der Waals surface area contributed by atoms with Crippen molar-refractivity contribution in [2.45, 2.75) is 23.6 Å². The van der Waals surface area contributed by atoms with Gasteiger partial charge in [0.1, 0.15) is 23.3 Å². The fourth-order valence-corrected chi connectivity index (χ4v) is 3.21. The largest absolute Gasteiger partial charge is 0.301 e. The van der Waals surface area contributed by atoms with Crippen LogP contribution < -0.4 is 0 Å². The Labute approximate surface area is 139 Å². The van der Waals surface area contributed by atoms with Crippen molar-refractivity contribution in [2.75, 3.05) is 0 Å². The van der Waals surface area contributed by atoms with Gasteiger partial charge in [-0.2, -0.15) is 0 Å². The minimum Gasteiger partial charge on any atom is -0.301 e. The number of benzene rings is 2. The van der Waals surface area contributed by atoms with Gasteiger partial charge < -0.3 is 9.59 Å². The van der Waals surface area contributed by atoms with Gasteiger partial charge in [-0.05, 0) is 46.2 Å². The summed E-state index contributed by atoms with van der Waals surface area (Å²) in [6.07, 6.45) is 3.25. The Bertz CT molecular complexity index is 676. The number of alkyl halides is 2. The average Bonchev–Trinajstić information content (AvgIpc) is 2.59. The normalized spacial score (nSPS) is 15.4. The van der Waals surface area contributed by atoms with E-state index in [1.54, 1.807) is 0 Å². The fourth-order valence-electron chi connectivity index (χ4n) is 2.94. The smallest absolute Gasteiger partial charge is 0.142 e. The van der Waals surface area contributed by atoms with Crippen molar-refractivity contribution >= 4 is 35.8 Å². The molecule has 0 N–H and O–H groups in total. The second-order valence-corrected chi connectivity index (χ2v) is 6.35. The summed E-state index contributed by atoms with van der Waals surface area (Å²) in [6.45, 7) is 0. The number of carbonyl (C=O) groups excluding carboxylic acids is 2. The van der Waals surface area contributed by atoms with Crippen molar-refractivity contribution in [3.63, 3.8) is 0 Å². The molecular formula is C18H14Cl2O2. The molecule has 112 valence electrons. The summed E-state index contributed by atoms with van der Waals surface area (Å²) in [4.78, 5) is 21.7. The molecule has 1 aliphatic carbocycles. The zero-order valence-electron chi connectivity index (χ0n) is 11.8. The highest BCUT2D eigenvalue weighted by Crippen LogP contribution is 2.37. The number of aldehydes is 2. The average molecular weight is 333 g/mol. The molecule has 0 heterocycles. The third-order valence-corrected chi connectivity index (χ3v) is 4.80. The Morgan fingerprint density at radius 2 is 1.18 bits per heavy atom. The van der Waals surface area contributed by atoms with Crippen LogP contribution in [0.15, 0.2) is 36.4 Å². The number of carbonyl (C=O) groups is 2. The first-order chi connectivity index (χ1) is 10.6. The zero-order valence-corrected chi connectivity index (χ0v) is 13.3. The molecule has 0 amide bonds. The summed E-state index contributed by atoms with van der Waals surface area (Å²) in [5.74, 6) is 0. The van der Waals surface area contributed by atoms with Crippen molar-refractivity contribution in [2.24, 2.45) is 0 Å². The van der Waals surface area contributed by atoms with E-state index >= 15 is 0 Å². The van der Waals surface area contributed by atoms with E-state index in [0.29, 0.717) is 0 Å². The first-order valence-corrected chi connectivity index (χ1v) is 7.96. The fraction of sp³-hybridized carbons (Fsp3) is 0.222. The van der Waals surface area contributed by atoms with Gasteiger partial charge in [-0.25, -0.2) is 0 Å². The Balaban J connectivity index is 2.03. The van der Waals surface area contributed by atoms with Crippen LogP contribution in [0, 0.1) is 0 Å². The van der Waals surface area contributed by atoms with Crippen LogP contribution in [0.2, 0.25) is 0 Å². The lowest BCUT2D eigenvalue weighted by Gasteiger charge is -2.22. The van der Waals surface area contributed by atoms with E-state index in [1.165, 1.54) is 11.1 Å². The van der Waals surface area contributed by atoms with Crippen molar-refractivity contribution in [3.8, 4) is 11.1 Å².